The van der Waals surface area contributed by atoms with Gasteiger partial charge >= 0.3 is 12.1 Å². The highest BCUT2D eigenvalue weighted by Gasteiger charge is 2.15. The molecule has 23 heavy (non-hydrogen) atoms. The van der Waals surface area contributed by atoms with Crippen LogP contribution in [0.3, 0.4) is 0 Å². The summed E-state index contributed by atoms with van der Waals surface area (Å²) in [5.41, 5.74) is -0.461. The lowest BCUT2D eigenvalue weighted by Gasteiger charge is -2.19. The van der Waals surface area contributed by atoms with E-state index >= 15 is 0 Å². The van der Waals surface area contributed by atoms with Crippen LogP contribution in [0, 0.1) is 5.92 Å². The quantitative estimate of drug-likeness (QED) is 0.346. The number of unbranched alkanes of at least 4 members (excludes halogenated alkanes) is 1. The zero-order chi connectivity index (χ0) is 17.7. The van der Waals surface area contributed by atoms with Gasteiger partial charge < -0.3 is 20.1 Å². The second-order valence-electron chi connectivity index (χ2n) is 6.63. The second-order valence-corrected chi connectivity index (χ2v) is 6.63. The number of nitrogens with one attached hydrogen (secondary N) is 2. The molecule has 0 bridgehead atoms. The van der Waals surface area contributed by atoms with Gasteiger partial charge in [-0.2, -0.15) is 0 Å². The number of esters is 1. The van der Waals surface area contributed by atoms with Crippen molar-refractivity contribution in [3.63, 3.8) is 0 Å². The van der Waals surface area contributed by atoms with Crippen LogP contribution in [0.1, 0.15) is 47.0 Å². The average molecular weight is 328 g/mol. The van der Waals surface area contributed by atoms with Crippen molar-refractivity contribution < 1.29 is 19.1 Å². The van der Waals surface area contributed by atoms with Gasteiger partial charge in [-0.05, 0) is 46.1 Å². The molecule has 0 fully saturated rings. The minimum atomic E-state index is -0.461. The van der Waals surface area contributed by atoms with Gasteiger partial charge in [0, 0.05) is 6.54 Å². The van der Waals surface area contributed by atoms with E-state index in [-0.39, 0.29) is 25.2 Å². The Morgan fingerprint density at radius 2 is 1.96 bits per heavy atom. The Morgan fingerprint density at radius 3 is 2.57 bits per heavy atom. The highest BCUT2D eigenvalue weighted by molar-refractivity contribution is 5.71. The van der Waals surface area contributed by atoms with Gasteiger partial charge in [-0.25, -0.2) is 4.79 Å². The van der Waals surface area contributed by atoms with Gasteiger partial charge in [-0.3, -0.25) is 4.79 Å². The first-order chi connectivity index (χ1) is 10.7. The van der Waals surface area contributed by atoms with E-state index in [1.54, 1.807) is 6.08 Å². The zero-order valence-corrected chi connectivity index (χ0v) is 14.9. The molecule has 6 heteroatoms. The minimum absolute atomic E-state index is 0.221. The van der Waals surface area contributed by atoms with E-state index in [1.807, 2.05) is 20.8 Å². The molecule has 134 valence electrons. The molecule has 0 aromatic rings. The Morgan fingerprint density at radius 1 is 1.26 bits per heavy atom. The molecule has 0 aromatic carbocycles. The van der Waals surface area contributed by atoms with Crippen molar-refractivity contribution >= 4 is 12.1 Å². The van der Waals surface area contributed by atoms with Gasteiger partial charge in [0.2, 0.25) is 0 Å². The fraction of sp³-hybridized carbons (Fsp3) is 0.765. The second kappa shape index (κ2) is 11.9. The number of carbonyl (C=O) groups is 2. The van der Waals surface area contributed by atoms with E-state index in [9.17, 15) is 9.59 Å². The maximum absolute atomic E-state index is 11.4. The summed E-state index contributed by atoms with van der Waals surface area (Å²) >= 11 is 0. The van der Waals surface area contributed by atoms with E-state index in [2.05, 4.69) is 24.1 Å². The molecular formula is C17H32N2O4. The smallest absolute Gasteiger partial charge is 0.407 e. The Bertz CT molecular complexity index is 364. The van der Waals surface area contributed by atoms with Crippen LogP contribution in [0.4, 0.5) is 4.79 Å². The lowest BCUT2D eigenvalue weighted by atomic mass is 10.0. The molecule has 0 spiro atoms. The third-order valence-electron chi connectivity index (χ3n) is 2.92. The van der Waals surface area contributed by atoms with Crippen LogP contribution in [-0.4, -0.2) is 43.9 Å². The fourth-order valence-electron chi connectivity index (χ4n) is 1.85. The van der Waals surface area contributed by atoms with Crippen molar-refractivity contribution in [1.82, 2.24) is 10.6 Å². The van der Waals surface area contributed by atoms with Crippen LogP contribution in [0.25, 0.3) is 0 Å². The number of amides is 1. The summed E-state index contributed by atoms with van der Waals surface area (Å²) in [6, 6.07) is 0. The summed E-state index contributed by atoms with van der Waals surface area (Å²) < 4.78 is 10.0. The summed E-state index contributed by atoms with van der Waals surface area (Å²) in [4.78, 5) is 22.7. The summed E-state index contributed by atoms with van der Waals surface area (Å²) in [5, 5.41) is 5.82. The van der Waals surface area contributed by atoms with Crippen LogP contribution < -0.4 is 10.6 Å². The molecule has 1 amide bonds. The van der Waals surface area contributed by atoms with E-state index in [4.69, 9.17) is 9.47 Å². The van der Waals surface area contributed by atoms with Gasteiger partial charge in [0.1, 0.15) is 12.2 Å². The molecule has 0 aliphatic rings. The molecule has 0 saturated heterocycles. The summed E-state index contributed by atoms with van der Waals surface area (Å²) in [5.74, 6) is 0.197. The molecule has 0 aliphatic heterocycles. The lowest BCUT2D eigenvalue weighted by molar-refractivity contribution is -0.141. The third-order valence-corrected chi connectivity index (χ3v) is 2.92. The molecule has 0 aliphatic carbocycles. The molecule has 0 aromatic heterocycles. The molecule has 1 atom stereocenters. The standard InChI is InChI=1S/C17H32N2O4/c1-6-11-22-15(20)13-18-12-14(2)9-7-8-10-19-16(21)23-17(3,4)5/h6,14,18H,1,7-13H2,2-5H3,(H,19,21)/t14-/m0/s1. The van der Waals surface area contributed by atoms with Crippen LogP contribution in [-0.2, 0) is 14.3 Å². The van der Waals surface area contributed by atoms with Crippen molar-refractivity contribution in [3.8, 4) is 0 Å². The maximum Gasteiger partial charge on any atom is 0.407 e. The predicted molar refractivity (Wildman–Crippen MR) is 91.3 cm³/mol. The van der Waals surface area contributed by atoms with Gasteiger partial charge in [-0.1, -0.05) is 26.0 Å². The van der Waals surface area contributed by atoms with E-state index in [0.717, 1.165) is 25.8 Å². The molecule has 2 N–H and O–H groups in total. The number of carbonyl (C=O) groups excluding carboxylic acids is 2. The number of hydrogen-bond donors (Lipinski definition) is 2. The number of ether oxygens (including phenoxy) is 2. The first-order valence-corrected chi connectivity index (χ1v) is 8.18. The van der Waals surface area contributed by atoms with E-state index in [0.29, 0.717) is 12.5 Å². The number of rotatable bonds is 11. The normalized spacial score (nSPS) is 12.3. The average Bonchev–Trinajstić information content (AvgIpc) is 2.42. The topological polar surface area (TPSA) is 76.7 Å². The molecule has 0 heterocycles. The van der Waals surface area contributed by atoms with Crippen molar-refractivity contribution in [1.29, 1.82) is 0 Å². The highest BCUT2D eigenvalue weighted by Crippen LogP contribution is 2.08. The van der Waals surface area contributed by atoms with Crippen molar-refractivity contribution in [3.05, 3.63) is 12.7 Å². The molecule has 0 rings (SSSR count). The van der Waals surface area contributed by atoms with Crippen LogP contribution in [0.2, 0.25) is 0 Å². The van der Waals surface area contributed by atoms with Gasteiger partial charge in [-0.15, -0.1) is 0 Å². The Kier molecular flexibility index (Phi) is 11.1. The number of alkyl carbamates (subject to hydrolysis) is 1. The summed E-state index contributed by atoms with van der Waals surface area (Å²) in [6.45, 7) is 13.0. The van der Waals surface area contributed by atoms with Gasteiger partial charge in [0.05, 0.1) is 6.54 Å². The Balaban J connectivity index is 3.53. The lowest BCUT2D eigenvalue weighted by Crippen LogP contribution is -2.33. The van der Waals surface area contributed by atoms with Crippen molar-refractivity contribution in [2.75, 3.05) is 26.2 Å². The third kappa shape index (κ3) is 15.1. The zero-order valence-electron chi connectivity index (χ0n) is 14.9. The van der Waals surface area contributed by atoms with Crippen LogP contribution in [0.5, 0.6) is 0 Å². The minimum Gasteiger partial charge on any atom is -0.461 e. The van der Waals surface area contributed by atoms with E-state index in [1.165, 1.54) is 0 Å². The molecule has 0 radical (unpaired) electrons. The van der Waals surface area contributed by atoms with Crippen LogP contribution >= 0.6 is 0 Å². The van der Waals surface area contributed by atoms with Crippen molar-refractivity contribution in [2.24, 2.45) is 5.92 Å². The molecular weight excluding hydrogens is 296 g/mol. The molecule has 0 unspecified atom stereocenters. The van der Waals surface area contributed by atoms with E-state index < -0.39 is 5.60 Å². The first kappa shape index (κ1) is 21.4. The Hall–Kier alpha value is -1.56. The highest BCUT2D eigenvalue weighted by atomic mass is 16.6. The fourth-order valence-corrected chi connectivity index (χ4v) is 1.85. The predicted octanol–water partition coefficient (Wildman–Crippen LogP) is 2.64. The van der Waals surface area contributed by atoms with Crippen molar-refractivity contribution in [2.45, 2.75) is 52.6 Å². The summed E-state index contributed by atoms with van der Waals surface area (Å²) in [7, 11) is 0. The van der Waals surface area contributed by atoms with Gasteiger partial charge in [0.15, 0.2) is 0 Å². The number of hydrogen-bond acceptors (Lipinski definition) is 5. The SMILES string of the molecule is C=CCOC(=O)CNC[C@@H](C)CCCCNC(=O)OC(C)(C)C. The first-order valence-electron chi connectivity index (χ1n) is 8.18. The molecule has 0 saturated carbocycles. The summed E-state index contributed by atoms with van der Waals surface area (Å²) in [6.07, 6.45) is 4.13. The maximum atomic E-state index is 11.4. The van der Waals surface area contributed by atoms with Crippen LogP contribution in [0.15, 0.2) is 12.7 Å². The molecule has 6 nitrogen and oxygen atoms in total. The Labute approximate surface area is 140 Å². The monoisotopic (exact) mass is 328 g/mol. The largest absolute Gasteiger partial charge is 0.461 e. The van der Waals surface area contributed by atoms with Gasteiger partial charge in [0.25, 0.3) is 0 Å².